The number of carboxylic acid groups (broad SMARTS) is 1. The van der Waals surface area contributed by atoms with E-state index in [0.717, 1.165) is 11.1 Å². The van der Waals surface area contributed by atoms with Crippen LogP contribution in [0.15, 0.2) is 35.7 Å². The second kappa shape index (κ2) is 8.18. The number of hydrogen-bond donors (Lipinski definition) is 0. The largest absolute Gasteiger partial charge is 0.545 e. The van der Waals surface area contributed by atoms with Gasteiger partial charge >= 0.3 is 0 Å². The molecule has 0 aliphatic carbocycles. The normalized spacial score (nSPS) is 10.4. The number of rotatable bonds is 7. The van der Waals surface area contributed by atoms with Crippen LogP contribution in [0.4, 0.5) is 0 Å². The van der Waals surface area contributed by atoms with E-state index in [1.807, 2.05) is 5.38 Å². The van der Waals surface area contributed by atoms with Crippen molar-refractivity contribution in [2.45, 2.75) is 0 Å². The first-order valence-corrected chi connectivity index (χ1v) is 9.02. The van der Waals surface area contributed by atoms with Crippen LogP contribution >= 0.6 is 11.5 Å². The van der Waals surface area contributed by atoms with Crippen LogP contribution in [0.25, 0.3) is 22.4 Å². The van der Waals surface area contributed by atoms with Crippen LogP contribution < -0.4 is 24.1 Å². The molecule has 0 saturated heterocycles. The molecule has 0 radical (unpaired) electrons. The van der Waals surface area contributed by atoms with Gasteiger partial charge in [-0.25, -0.2) is 0 Å². The molecule has 3 aromatic rings. The smallest absolute Gasteiger partial charge is 0.203 e. The molecular formula is C20H18NO6S-. The first-order chi connectivity index (χ1) is 13.5. The van der Waals surface area contributed by atoms with Crippen molar-refractivity contribution in [3.63, 3.8) is 0 Å². The van der Waals surface area contributed by atoms with Gasteiger partial charge in [0.2, 0.25) is 5.75 Å². The van der Waals surface area contributed by atoms with E-state index in [0.29, 0.717) is 28.5 Å². The molecule has 0 N–H and O–H groups in total. The standard InChI is InChI=1S/C20H19NO6S/c1-24-15-6-5-11(7-13(15)20(22)23)14-10-28-21-18(14)12-8-16(25-2)19(27-4)17(9-12)26-3/h5-10H,1-4H3,(H,22,23)/p-1. The molecule has 28 heavy (non-hydrogen) atoms. The summed E-state index contributed by atoms with van der Waals surface area (Å²) in [5.41, 5.74) is 2.83. The Morgan fingerprint density at radius 2 is 1.54 bits per heavy atom. The lowest BCUT2D eigenvalue weighted by atomic mass is 9.99. The highest BCUT2D eigenvalue weighted by molar-refractivity contribution is 7.04. The average Bonchev–Trinajstić information content (AvgIpc) is 3.21. The summed E-state index contributed by atoms with van der Waals surface area (Å²) in [5, 5.41) is 13.3. The first kappa shape index (κ1) is 19.5. The summed E-state index contributed by atoms with van der Waals surface area (Å²) in [6, 6.07) is 8.47. The molecule has 0 saturated carbocycles. The lowest BCUT2D eigenvalue weighted by Gasteiger charge is -2.15. The topological polar surface area (TPSA) is 89.9 Å². The van der Waals surface area contributed by atoms with Crippen molar-refractivity contribution in [3.05, 3.63) is 41.3 Å². The highest BCUT2D eigenvalue weighted by Gasteiger charge is 2.19. The van der Waals surface area contributed by atoms with E-state index in [2.05, 4.69) is 4.37 Å². The molecule has 0 unspecified atom stereocenters. The number of methoxy groups -OCH3 is 4. The van der Waals surface area contributed by atoms with Crippen LogP contribution in [0.1, 0.15) is 10.4 Å². The summed E-state index contributed by atoms with van der Waals surface area (Å²) in [7, 11) is 6.03. The Kier molecular flexibility index (Phi) is 5.70. The number of carbonyl (C=O) groups excluding carboxylic acids is 1. The maximum Gasteiger partial charge on any atom is 0.203 e. The fourth-order valence-corrected chi connectivity index (χ4v) is 3.62. The molecule has 3 rings (SSSR count). The molecule has 8 heteroatoms. The summed E-state index contributed by atoms with van der Waals surface area (Å²) in [5.74, 6) is 0.411. The minimum atomic E-state index is -1.31. The van der Waals surface area contributed by atoms with Gasteiger partial charge in [-0.2, -0.15) is 4.37 Å². The summed E-state index contributed by atoms with van der Waals surface area (Å²) in [4.78, 5) is 11.4. The lowest BCUT2D eigenvalue weighted by molar-refractivity contribution is -0.255. The molecule has 146 valence electrons. The summed E-state index contributed by atoms with van der Waals surface area (Å²) >= 11 is 1.26. The predicted octanol–water partition coefficient (Wildman–Crippen LogP) is 2.88. The number of ether oxygens (including phenoxy) is 4. The summed E-state index contributed by atoms with van der Waals surface area (Å²) in [6.07, 6.45) is 0. The van der Waals surface area contributed by atoms with Crippen molar-refractivity contribution in [1.29, 1.82) is 0 Å². The Balaban J connectivity index is 2.16. The number of aromatic nitrogens is 1. The van der Waals surface area contributed by atoms with Gasteiger partial charge in [0.1, 0.15) is 5.75 Å². The van der Waals surface area contributed by atoms with E-state index >= 15 is 0 Å². The van der Waals surface area contributed by atoms with E-state index < -0.39 is 5.97 Å². The van der Waals surface area contributed by atoms with Crippen molar-refractivity contribution in [3.8, 4) is 45.4 Å². The van der Waals surface area contributed by atoms with E-state index in [1.165, 1.54) is 31.8 Å². The van der Waals surface area contributed by atoms with Gasteiger partial charge in [-0.05, 0) is 41.4 Å². The zero-order chi connectivity index (χ0) is 20.3. The van der Waals surface area contributed by atoms with Gasteiger partial charge in [-0.1, -0.05) is 6.07 Å². The minimum Gasteiger partial charge on any atom is -0.545 e. The minimum absolute atomic E-state index is 0.0259. The second-order valence-corrected chi connectivity index (χ2v) is 6.32. The molecule has 0 aliphatic rings. The predicted molar refractivity (Wildman–Crippen MR) is 104 cm³/mol. The van der Waals surface area contributed by atoms with E-state index in [1.54, 1.807) is 38.5 Å². The van der Waals surface area contributed by atoms with Crippen molar-refractivity contribution in [1.82, 2.24) is 4.37 Å². The van der Waals surface area contributed by atoms with Gasteiger partial charge < -0.3 is 28.8 Å². The van der Waals surface area contributed by atoms with Crippen molar-refractivity contribution in [2.75, 3.05) is 28.4 Å². The Labute approximate surface area is 166 Å². The van der Waals surface area contributed by atoms with Crippen molar-refractivity contribution >= 4 is 17.5 Å². The van der Waals surface area contributed by atoms with E-state index in [4.69, 9.17) is 18.9 Å². The number of carbonyl (C=O) groups is 1. The lowest BCUT2D eigenvalue weighted by Crippen LogP contribution is -2.23. The zero-order valence-electron chi connectivity index (χ0n) is 15.8. The molecule has 1 heterocycles. The molecule has 0 spiro atoms. The SMILES string of the molecule is COc1ccc(-c2csnc2-c2cc(OC)c(OC)c(OC)c2)cc1C(=O)[O-]. The van der Waals surface area contributed by atoms with Crippen molar-refractivity contribution < 1.29 is 28.8 Å². The molecule has 0 atom stereocenters. The number of hydrogen-bond acceptors (Lipinski definition) is 8. The molecule has 0 bridgehead atoms. The Bertz CT molecular complexity index is 989. The zero-order valence-corrected chi connectivity index (χ0v) is 16.6. The average molecular weight is 400 g/mol. The molecule has 0 aliphatic heterocycles. The Morgan fingerprint density at radius 1 is 0.893 bits per heavy atom. The van der Waals surface area contributed by atoms with Crippen LogP contribution in [-0.4, -0.2) is 38.8 Å². The van der Waals surface area contributed by atoms with Gasteiger partial charge in [-0.15, -0.1) is 0 Å². The quantitative estimate of drug-likeness (QED) is 0.602. The Hall–Kier alpha value is -3.26. The van der Waals surface area contributed by atoms with E-state index in [-0.39, 0.29) is 11.3 Å². The summed E-state index contributed by atoms with van der Waals surface area (Å²) < 4.78 is 25.8. The van der Waals surface area contributed by atoms with E-state index in [9.17, 15) is 9.90 Å². The monoisotopic (exact) mass is 400 g/mol. The van der Waals surface area contributed by atoms with Crippen LogP contribution in [0, 0.1) is 0 Å². The first-order valence-electron chi connectivity index (χ1n) is 8.18. The van der Waals surface area contributed by atoms with Crippen LogP contribution in [-0.2, 0) is 0 Å². The highest BCUT2D eigenvalue weighted by Crippen LogP contribution is 2.43. The van der Waals surface area contributed by atoms with Gasteiger partial charge in [-0.3, -0.25) is 0 Å². The maximum atomic E-state index is 11.4. The van der Waals surface area contributed by atoms with Crippen molar-refractivity contribution in [2.24, 2.45) is 0 Å². The Morgan fingerprint density at radius 3 is 2.07 bits per heavy atom. The third-order valence-corrected chi connectivity index (χ3v) is 4.87. The second-order valence-electron chi connectivity index (χ2n) is 5.69. The highest BCUT2D eigenvalue weighted by atomic mass is 32.1. The number of nitrogens with zero attached hydrogens (tertiary/aromatic N) is 1. The van der Waals surface area contributed by atoms with Crippen LogP contribution in [0.3, 0.4) is 0 Å². The molecule has 0 fully saturated rings. The third kappa shape index (κ3) is 3.46. The molecule has 7 nitrogen and oxygen atoms in total. The molecular weight excluding hydrogens is 382 g/mol. The van der Waals surface area contributed by atoms with Gasteiger partial charge in [0, 0.05) is 22.1 Å². The molecule has 2 aromatic carbocycles. The van der Waals surface area contributed by atoms with Gasteiger partial charge in [0.05, 0.1) is 40.1 Å². The van der Waals surface area contributed by atoms with Crippen LogP contribution in [0.2, 0.25) is 0 Å². The fraction of sp³-hybridized carbons (Fsp3) is 0.200. The number of benzene rings is 2. The van der Waals surface area contributed by atoms with Gasteiger partial charge in [0.15, 0.2) is 11.5 Å². The number of carboxylic acids is 1. The fourth-order valence-electron chi connectivity index (χ4n) is 2.90. The summed E-state index contributed by atoms with van der Waals surface area (Å²) in [6.45, 7) is 0. The third-order valence-electron chi connectivity index (χ3n) is 4.24. The molecule has 0 amide bonds. The number of aromatic carboxylic acids is 1. The van der Waals surface area contributed by atoms with Gasteiger partial charge in [0.25, 0.3) is 0 Å². The van der Waals surface area contributed by atoms with Crippen LogP contribution in [0.5, 0.6) is 23.0 Å². The molecule has 1 aromatic heterocycles. The maximum absolute atomic E-state index is 11.4.